The molecule has 2 fully saturated rings. The van der Waals surface area contributed by atoms with Crippen molar-refractivity contribution in [1.82, 2.24) is 15.1 Å². The van der Waals surface area contributed by atoms with Crippen LogP contribution in [-0.4, -0.2) is 47.9 Å². The van der Waals surface area contributed by atoms with Crippen molar-refractivity contribution in [2.75, 3.05) is 31.1 Å². The largest absolute Gasteiger partial charge is 0.457 e. The van der Waals surface area contributed by atoms with Crippen LogP contribution in [-0.2, 0) is 17.9 Å². The second kappa shape index (κ2) is 12.2. The number of hydrogen-bond acceptors (Lipinski definition) is 5. The van der Waals surface area contributed by atoms with E-state index >= 15 is 0 Å². The summed E-state index contributed by atoms with van der Waals surface area (Å²) in [5.41, 5.74) is 4.18. The minimum Gasteiger partial charge on any atom is -0.457 e. The number of imide groups is 1. The van der Waals surface area contributed by atoms with Crippen LogP contribution in [0.15, 0.2) is 115 Å². The molecule has 0 saturated carbocycles. The zero-order chi connectivity index (χ0) is 28.0. The van der Waals surface area contributed by atoms with E-state index in [0.717, 1.165) is 49.7 Å². The predicted molar refractivity (Wildman–Crippen MR) is 160 cm³/mol. The van der Waals surface area contributed by atoms with Gasteiger partial charge in [-0.1, -0.05) is 72.8 Å². The van der Waals surface area contributed by atoms with Crippen LogP contribution in [0.2, 0.25) is 0 Å². The van der Waals surface area contributed by atoms with Crippen molar-refractivity contribution < 1.29 is 14.3 Å². The molecule has 7 nitrogen and oxygen atoms in total. The number of carbonyl (C=O) groups excluding carboxylic acids is 2. The molecule has 2 aliphatic heterocycles. The molecule has 1 N–H and O–H groups in total. The highest BCUT2D eigenvalue weighted by atomic mass is 16.5. The monoisotopic (exact) mass is 544 g/mol. The summed E-state index contributed by atoms with van der Waals surface area (Å²) in [5, 5.41) is 2.71. The molecule has 3 amide bonds. The van der Waals surface area contributed by atoms with Crippen LogP contribution in [0.3, 0.4) is 0 Å². The van der Waals surface area contributed by atoms with Crippen LogP contribution >= 0.6 is 0 Å². The standard InChI is InChI=1S/C34H32N4O3/c39-33-32(35-34(40)38(33)29-15-17-31(18-16-29)41-30-9-5-2-6-10-30)23-26-11-13-28(14-12-26)25-37-21-19-36(20-22-37)24-27-7-3-1-4-8-27/h1-18,23H,19-22,24-25H2,(H,35,40)/b32-23-. The third kappa shape index (κ3) is 6.54. The third-order valence-electron chi connectivity index (χ3n) is 7.36. The quantitative estimate of drug-likeness (QED) is 0.221. The van der Waals surface area contributed by atoms with Gasteiger partial charge in [0.05, 0.1) is 5.69 Å². The molecular formula is C34H32N4O3. The number of nitrogens with one attached hydrogen (secondary N) is 1. The molecule has 4 aromatic rings. The number of nitrogens with zero attached hydrogens (tertiary/aromatic N) is 3. The fourth-order valence-electron chi connectivity index (χ4n) is 5.15. The number of urea groups is 1. The van der Waals surface area contributed by atoms with Crippen molar-refractivity contribution in [2.24, 2.45) is 0 Å². The maximum absolute atomic E-state index is 13.1. The smallest absolute Gasteiger partial charge is 0.333 e. The Kier molecular flexibility index (Phi) is 7.89. The Balaban J connectivity index is 1.03. The summed E-state index contributed by atoms with van der Waals surface area (Å²) in [4.78, 5) is 31.9. The normalized spacial score (nSPS) is 17.2. The van der Waals surface area contributed by atoms with E-state index < -0.39 is 6.03 Å². The lowest BCUT2D eigenvalue weighted by molar-refractivity contribution is -0.113. The first kappa shape index (κ1) is 26.5. The number of rotatable bonds is 8. The van der Waals surface area contributed by atoms with Gasteiger partial charge in [0.1, 0.15) is 17.2 Å². The number of amides is 3. The fourth-order valence-corrected chi connectivity index (χ4v) is 5.15. The van der Waals surface area contributed by atoms with E-state index in [0.29, 0.717) is 17.2 Å². The number of para-hydroxylation sites is 1. The lowest BCUT2D eigenvalue weighted by Crippen LogP contribution is -2.45. The molecule has 0 bridgehead atoms. The molecule has 206 valence electrons. The minimum atomic E-state index is -0.471. The minimum absolute atomic E-state index is 0.252. The molecule has 4 aromatic carbocycles. The van der Waals surface area contributed by atoms with Gasteiger partial charge in [-0.25, -0.2) is 9.69 Å². The Morgan fingerprint density at radius 1 is 0.634 bits per heavy atom. The highest BCUT2D eigenvalue weighted by molar-refractivity contribution is 6.28. The molecule has 6 rings (SSSR count). The van der Waals surface area contributed by atoms with Gasteiger partial charge in [0.2, 0.25) is 0 Å². The van der Waals surface area contributed by atoms with Gasteiger partial charge < -0.3 is 10.1 Å². The number of carbonyl (C=O) groups is 2. The number of benzene rings is 4. The molecule has 2 saturated heterocycles. The summed E-state index contributed by atoms with van der Waals surface area (Å²) in [7, 11) is 0. The van der Waals surface area contributed by atoms with Gasteiger partial charge in [-0.2, -0.15) is 0 Å². The van der Waals surface area contributed by atoms with Gasteiger partial charge in [0.25, 0.3) is 5.91 Å². The maximum Gasteiger partial charge on any atom is 0.333 e. The number of anilines is 1. The van der Waals surface area contributed by atoms with Crippen molar-refractivity contribution in [2.45, 2.75) is 13.1 Å². The van der Waals surface area contributed by atoms with E-state index in [1.807, 2.05) is 42.5 Å². The average Bonchev–Trinajstić information content (AvgIpc) is 3.28. The van der Waals surface area contributed by atoms with Crippen LogP contribution in [0.1, 0.15) is 16.7 Å². The van der Waals surface area contributed by atoms with Crippen molar-refractivity contribution >= 4 is 23.7 Å². The second-order valence-electron chi connectivity index (χ2n) is 10.3. The third-order valence-corrected chi connectivity index (χ3v) is 7.36. The maximum atomic E-state index is 13.1. The topological polar surface area (TPSA) is 65.1 Å². The van der Waals surface area contributed by atoms with E-state index in [1.165, 1.54) is 11.1 Å². The first-order chi connectivity index (χ1) is 20.1. The fraction of sp³-hybridized carbons (Fsp3) is 0.176. The molecule has 0 unspecified atom stereocenters. The molecule has 0 radical (unpaired) electrons. The summed E-state index contributed by atoms with van der Waals surface area (Å²) >= 11 is 0. The van der Waals surface area contributed by atoms with Crippen LogP contribution < -0.4 is 15.0 Å². The van der Waals surface area contributed by atoms with Crippen molar-refractivity contribution in [1.29, 1.82) is 0 Å². The first-order valence-corrected chi connectivity index (χ1v) is 13.9. The predicted octanol–water partition coefficient (Wildman–Crippen LogP) is 5.89. The van der Waals surface area contributed by atoms with E-state index in [4.69, 9.17) is 4.74 Å². The van der Waals surface area contributed by atoms with Crippen molar-refractivity contribution in [3.8, 4) is 11.5 Å². The highest BCUT2D eigenvalue weighted by Gasteiger charge is 2.34. The SMILES string of the molecule is O=C1N/C(=C\c2ccc(CN3CCN(Cc4ccccc4)CC3)cc2)C(=O)N1c1ccc(Oc2ccccc2)cc1. The summed E-state index contributed by atoms with van der Waals surface area (Å²) in [6.07, 6.45) is 1.72. The molecule has 41 heavy (non-hydrogen) atoms. The van der Waals surface area contributed by atoms with Crippen molar-refractivity contribution in [3.05, 3.63) is 132 Å². The number of hydrogen-bond donors (Lipinski definition) is 1. The van der Waals surface area contributed by atoms with Gasteiger partial charge in [-0.05, 0) is 59.2 Å². The van der Waals surface area contributed by atoms with Gasteiger partial charge in [-0.15, -0.1) is 0 Å². The Hall–Kier alpha value is -4.72. The summed E-state index contributed by atoms with van der Waals surface area (Å²) in [6, 6.07) is 34.6. The zero-order valence-corrected chi connectivity index (χ0v) is 22.8. The Bertz CT molecular complexity index is 1510. The van der Waals surface area contributed by atoms with Gasteiger partial charge >= 0.3 is 6.03 Å². The molecule has 7 heteroatoms. The van der Waals surface area contributed by atoms with E-state index in [1.54, 1.807) is 30.3 Å². The highest BCUT2D eigenvalue weighted by Crippen LogP contribution is 2.27. The van der Waals surface area contributed by atoms with Crippen LogP contribution in [0.4, 0.5) is 10.5 Å². The number of ether oxygens (including phenoxy) is 1. The van der Waals surface area contributed by atoms with E-state index in [9.17, 15) is 9.59 Å². The second-order valence-corrected chi connectivity index (χ2v) is 10.3. The first-order valence-electron chi connectivity index (χ1n) is 13.9. The summed E-state index contributed by atoms with van der Waals surface area (Å²) in [5.74, 6) is 0.953. The van der Waals surface area contributed by atoms with Gasteiger partial charge in [0, 0.05) is 39.3 Å². The Morgan fingerprint density at radius 2 is 1.17 bits per heavy atom. The van der Waals surface area contributed by atoms with Crippen LogP contribution in [0, 0.1) is 0 Å². The Morgan fingerprint density at radius 3 is 1.78 bits per heavy atom. The van der Waals surface area contributed by atoms with Crippen LogP contribution in [0.5, 0.6) is 11.5 Å². The lowest BCUT2D eigenvalue weighted by atomic mass is 10.1. The zero-order valence-electron chi connectivity index (χ0n) is 22.8. The Labute approximate surface area is 240 Å². The van der Waals surface area contributed by atoms with Gasteiger partial charge in [-0.3, -0.25) is 14.6 Å². The molecular weight excluding hydrogens is 512 g/mol. The molecule has 2 heterocycles. The van der Waals surface area contributed by atoms with E-state index in [2.05, 4.69) is 57.6 Å². The summed E-state index contributed by atoms with van der Waals surface area (Å²) in [6.45, 7) is 6.07. The molecule has 0 atom stereocenters. The number of piperazine rings is 1. The molecule has 0 aromatic heterocycles. The average molecular weight is 545 g/mol. The summed E-state index contributed by atoms with van der Waals surface area (Å²) < 4.78 is 5.81. The van der Waals surface area contributed by atoms with E-state index in [-0.39, 0.29) is 11.6 Å². The lowest BCUT2D eigenvalue weighted by Gasteiger charge is -2.34. The molecule has 0 aliphatic carbocycles. The van der Waals surface area contributed by atoms with Crippen LogP contribution in [0.25, 0.3) is 6.08 Å². The molecule has 0 spiro atoms. The molecule has 2 aliphatic rings. The van der Waals surface area contributed by atoms with Crippen molar-refractivity contribution in [3.63, 3.8) is 0 Å². The van der Waals surface area contributed by atoms with Gasteiger partial charge in [0.15, 0.2) is 0 Å².